The van der Waals surface area contributed by atoms with Crippen LogP contribution in [0.4, 0.5) is 11.5 Å². The van der Waals surface area contributed by atoms with Gasteiger partial charge >= 0.3 is 5.97 Å². The molecule has 2 aliphatic carbocycles. The standard InChI is InChI=1S/C20H22N2O3/c1-3-25-20(23)16-11-21-19(18-13-8-7-12(9-13)17(16)18)22-14-5-4-6-15(10-14)24-2/h4-6,10-13H,3,7-9H2,1-2H3,(H,21,22). The first-order chi connectivity index (χ1) is 12.2. The summed E-state index contributed by atoms with van der Waals surface area (Å²) in [6, 6.07) is 7.79. The highest BCUT2D eigenvalue weighted by Gasteiger charge is 2.42. The molecule has 1 aromatic heterocycles. The first-order valence-corrected chi connectivity index (χ1v) is 8.82. The van der Waals surface area contributed by atoms with Gasteiger partial charge in [0.2, 0.25) is 0 Å². The molecule has 0 amide bonds. The van der Waals surface area contributed by atoms with Gasteiger partial charge in [0.1, 0.15) is 11.6 Å². The summed E-state index contributed by atoms with van der Waals surface area (Å²) in [7, 11) is 1.65. The van der Waals surface area contributed by atoms with Crippen molar-refractivity contribution < 1.29 is 14.3 Å². The Kier molecular flexibility index (Phi) is 4.07. The maximum atomic E-state index is 12.3. The van der Waals surface area contributed by atoms with Crippen LogP contribution in [0.3, 0.4) is 0 Å². The molecule has 0 saturated heterocycles. The van der Waals surface area contributed by atoms with Crippen molar-refractivity contribution in [2.24, 2.45) is 0 Å². The molecule has 5 heteroatoms. The summed E-state index contributed by atoms with van der Waals surface area (Å²) >= 11 is 0. The number of carbonyl (C=O) groups excluding carboxylic acids is 1. The van der Waals surface area contributed by atoms with E-state index in [9.17, 15) is 4.79 Å². The minimum Gasteiger partial charge on any atom is -0.497 e. The van der Waals surface area contributed by atoms with Crippen molar-refractivity contribution in [1.29, 1.82) is 0 Å². The molecule has 1 aromatic carbocycles. The zero-order valence-corrected chi connectivity index (χ0v) is 14.5. The second-order valence-corrected chi connectivity index (χ2v) is 6.63. The zero-order valence-electron chi connectivity index (χ0n) is 14.5. The first kappa shape index (κ1) is 15.9. The van der Waals surface area contributed by atoms with Crippen LogP contribution in [-0.4, -0.2) is 24.7 Å². The lowest BCUT2D eigenvalue weighted by atomic mass is 9.89. The molecule has 130 valence electrons. The lowest BCUT2D eigenvalue weighted by Crippen LogP contribution is -2.14. The van der Waals surface area contributed by atoms with Gasteiger partial charge in [-0.1, -0.05) is 6.07 Å². The summed E-state index contributed by atoms with van der Waals surface area (Å²) in [6.07, 6.45) is 5.09. The largest absolute Gasteiger partial charge is 0.497 e. The highest BCUT2D eigenvalue weighted by molar-refractivity contribution is 5.92. The Morgan fingerprint density at radius 1 is 1.28 bits per heavy atom. The predicted octanol–water partition coefficient (Wildman–Crippen LogP) is 4.38. The van der Waals surface area contributed by atoms with Crippen molar-refractivity contribution in [2.45, 2.75) is 38.0 Å². The van der Waals surface area contributed by atoms with Gasteiger partial charge in [-0.3, -0.25) is 0 Å². The van der Waals surface area contributed by atoms with Crippen LogP contribution in [-0.2, 0) is 4.74 Å². The fourth-order valence-electron chi connectivity index (χ4n) is 4.21. The van der Waals surface area contributed by atoms with E-state index < -0.39 is 0 Å². The van der Waals surface area contributed by atoms with E-state index in [0.717, 1.165) is 35.7 Å². The number of nitrogens with one attached hydrogen (secondary N) is 1. The number of esters is 1. The third-order valence-corrected chi connectivity index (χ3v) is 5.24. The lowest BCUT2D eigenvalue weighted by Gasteiger charge is -2.21. The summed E-state index contributed by atoms with van der Waals surface area (Å²) < 4.78 is 10.5. The van der Waals surface area contributed by atoms with Crippen molar-refractivity contribution >= 4 is 17.5 Å². The summed E-state index contributed by atoms with van der Waals surface area (Å²) in [5.41, 5.74) is 3.92. The molecule has 2 bridgehead atoms. The Labute approximate surface area is 147 Å². The Morgan fingerprint density at radius 3 is 2.84 bits per heavy atom. The Bertz CT molecular complexity index is 819. The summed E-state index contributed by atoms with van der Waals surface area (Å²) in [6.45, 7) is 2.21. The monoisotopic (exact) mass is 338 g/mol. The number of nitrogens with zero attached hydrogens (tertiary/aromatic N) is 1. The third kappa shape index (κ3) is 2.73. The van der Waals surface area contributed by atoms with Crippen molar-refractivity contribution in [3.8, 4) is 5.75 Å². The number of carbonyl (C=O) groups is 1. The van der Waals surface area contributed by atoms with Gasteiger partial charge < -0.3 is 14.8 Å². The summed E-state index contributed by atoms with van der Waals surface area (Å²) in [4.78, 5) is 16.9. The van der Waals surface area contributed by atoms with Crippen LogP contribution in [0.15, 0.2) is 30.5 Å². The minimum atomic E-state index is -0.258. The van der Waals surface area contributed by atoms with Gasteiger partial charge in [-0.25, -0.2) is 9.78 Å². The maximum absolute atomic E-state index is 12.3. The topological polar surface area (TPSA) is 60.5 Å². The Morgan fingerprint density at radius 2 is 2.08 bits per heavy atom. The number of pyridine rings is 1. The van der Waals surface area contributed by atoms with Gasteiger partial charge in [0.15, 0.2) is 0 Å². The van der Waals surface area contributed by atoms with Crippen LogP contribution in [0.1, 0.15) is 59.5 Å². The van der Waals surface area contributed by atoms with Crippen LogP contribution < -0.4 is 10.1 Å². The van der Waals surface area contributed by atoms with Crippen LogP contribution in [0, 0.1) is 0 Å². The smallest absolute Gasteiger partial charge is 0.339 e. The molecule has 2 unspecified atom stereocenters. The second kappa shape index (κ2) is 6.39. The van der Waals surface area contributed by atoms with Crippen LogP contribution >= 0.6 is 0 Å². The molecule has 2 aromatic rings. The zero-order chi connectivity index (χ0) is 17.4. The van der Waals surface area contributed by atoms with E-state index in [1.807, 2.05) is 31.2 Å². The van der Waals surface area contributed by atoms with Gasteiger partial charge in [-0.15, -0.1) is 0 Å². The number of aromatic nitrogens is 1. The quantitative estimate of drug-likeness (QED) is 0.820. The number of methoxy groups -OCH3 is 1. The van der Waals surface area contributed by atoms with E-state index in [0.29, 0.717) is 24.0 Å². The van der Waals surface area contributed by atoms with E-state index in [4.69, 9.17) is 9.47 Å². The van der Waals surface area contributed by atoms with Crippen molar-refractivity contribution in [3.63, 3.8) is 0 Å². The van der Waals surface area contributed by atoms with Gasteiger partial charge in [0, 0.05) is 23.5 Å². The summed E-state index contributed by atoms with van der Waals surface area (Å²) in [5, 5.41) is 3.42. The highest BCUT2D eigenvalue weighted by Crippen LogP contribution is 2.56. The molecule has 1 fully saturated rings. The van der Waals surface area contributed by atoms with E-state index >= 15 is 0 Å². The van der Waals surface area contributed by atoms with Crippen molar-refractivity contribution in [3.05, 3.63) is 47.2 Å². The Hall–Kier alpha value is -2.56. The number of benzene rings is 1. The molecule has 5 nitrogen and oxygen atoms in total. The number of hydrogen-bond donors (Lipinski definition) is 1. The highest BCUT2D eigenvalue weighted by atomic mass is 16.5. The summed E-state index contributed by atoms with van der Waals surface area (Å²) in [5.74, 6) is 2.32. The number of ether oxygens (including phenoxy) is 2. The SMILES string of the molecule is CCOC(=O)c1cnc(Nc2cccc(OC)c2)c2c1C1CCC2C1. The molecule has 1 N–H and O–H groups in total. The molecule has 0 aliphatic heterocycles. The lowest BCUT2D eigenvalue weighted by molar-refractivity contribution is 0.0524. The number of rotatable bonds is 5. The second-order valence-electron chi connectivity index (χ2n) is 6.63. The molecular formula is C20H22N2O3. The van der Waals surface area contributed by atoms with E-state index in [2.05, 4.69) is 10.3 Å². The van der Waals surface area contributed by atoms with Gasteiger partial charge in [-0.2, -0.15) is 0 Å². The molecule has 2 atom stereocenters. The fraction of sp³-hybridized carbons (Fsp3) is 0.400. The minimum absolute atomic E-state index is 0.258. The van der Waals surface area contributed by atoms with Crippen LogP contribution in [0.5, 0.6) is 5.75 Å². The predicted molar refractivity (Wildman–Crippen MR) is 95.8 cm³/mol. The third-order valence-electron chi connectivity index (χ3n) is 5.24. The normalized spacial score (nSPS) is 20.2. The van der Waals surface area contributed by atoms with E-state index in [1.165, 1.54) is 12.0 Å². The average Bonchev–Trinajstić information content (AvgIpc) is 3.25. The molecule has 1 heterocycles. The van der Waals surface area contributed by atoms with Crippen molar-refractivity contribution in [2.75, 3.05) is 19.0 Å². The molecule has 0 spiro atoms. The molecule has 2 aliphatic rings. The number of fused-ring (bicyclic) bond motifs is 5. The molecule has 1 saturated carbocycles. The van der Waals surface area contributed by atoms with Crippen molar-refractivity contribution in [1.82, 2.24) is 4.98 Å². The number of hydrogen-bond acceptors (Lipinski definition) is 5. The first-order valence-electron chi connectivity index (χ1n) is 8.82. The average molecular weight is 338 g/mol. The van der Waals surface area contributed by atoms with E-state index in [1.54, 1.807) is 13.3 Å². The molecule has 25 heavy (non-hydrogen) atoms. The van der Waals surface area contributed by atoms with Gasteiger partial charge in [0.25, 0.3) is 0 Å². The van der Waals surface area contributed by atoms with E-state index in [-0.39, 0.29) is 5.97 Å². The maximum Gasteiger partial charge on any atom is 0.339 e. The fourth-order valence-corrected chi connectivity index (χ4v) is 4.21. The van der Waals surface area contributed by atoms with Crippen LogP contribution in [0.2, 0.25) is 0 Å². The Balaban J connectivity index is 1.74. The molecular weight excluding hydrogens is 316 g/mol. The van der Waals surface area contributed by atoms with Crippen LogP contribution in [0.25, 0.3) is 0 Å². The van der Waals surface area contributed by atoms with Gasteiger partial charge in [0.05, 0.1) is 19.3 Å². The molecule has 4 rings (SSSR count). The number of anilines is 2. The van der Waals surface area contributed by atoms with Gasteiger partial charge in [-0.05, 0) is 55.7 Å². The molecule has 0 radical (unpaired) electrons.